The molecule has 0 spiro atoms. The van der Waals surface area contributed by atoms with Crippen LogP contribution in [0, 0.1) is 5.92 Å². The standard InChI is InChI=1S/C13H17NO3/c1-9(2)3-6-13(17)14-8-10-4-5-11(15)12(16)7-10/h3-7,9,15-16H,8H2,1-2H3,(H,14,17)/b6-3+. The Balaban J connectivity index is 2.50. The van der Waals surface area contributed by atoms with Crippen LogP contribution >= 0.6 is 0 Å². The van der Waals surface area contributed by atoms with Gasteiger partial charge in [0.2, 0.25) is 5.91 Å². The zero-order valence-electron chi connectivity index (χ0n) is 9.97. The molecule has 0 aliphatic carbocycles. The quantitative estimate of drug-likeness (QED) is 0.551. The first-order valence-corrected chi connectivity index (χ1v) is 5.46. The summed E-state index contributed by atoms with van der Waals surface area (Å²) in [7, 11) is 0. The lowest BCUT2D eigenvalue weighted by Gasteiger charge is -2.04. The van der Waals surface area contributed by atoms with Crippen molar-refractivity contribution in [1.29, 1.82) is 0 Å². The van der Waals surface area contributed by atoms with Gasteiger partial charge in [0, 0.05) is 6.54 Å². The summed E-state index contributed by atoms with van der Waals surface area (Å²) in [4.78, 5) is 11.4. The smallest absolute Gasteiger partial charge is 0.243 e. The third-order valence-electron chi connectivity index (χ3n) is 2.14. The lowest BCUT2D eigenvalue weighted by atomic mass is 10.2. The van der Waals surface area contributed by atoms with Crippen LogP contribution in [-0.4, -0.2) is 16.1 Å². The van der Waals surface area contributed by atoms with Crippen LogP contribution in [0.2, 0.25) is 0 Å². The molecule has 1 amide bonds. The molecule has 0 aliphatic rings. The number of nitrogens with one attached hydrogen (secondary N) is 1. The van der Waals surface area contributed by atoms with E-state index in [-0.39, 0.29) is 17.4 Å². The van der Waals surface area contributed by atoms with E-state index in [0.29, 0.717) is 12.5 Å². The SMILES string of the molecule is CC(C)/C=C/C(=O)NCc1ccc(O)c(O)c1. The average Bonchev–Trinajstić information content (AvgIpc) is 2.28. The van der Waals surface area contributed by atoms with E-state index in [4.69, 9.17) is 5.11 Å². The first-order chi connectivity index (χ1) is 7.99. The van der Waals surface area contributed by atoms with Gasteiger partial charge in [0.05, 0.1) is 0 Å². The van der Waals surface area contributed by atoms with Gasteiger partial charge in [0.25, 0.3) is 0 Å². The maximum atomic E-state index is 11.4. The van der Waals surface area contributed by atoms with Crippen molar-refractivity contribution in [3.05, 3.63) is 35.9 Å². The van der Waals surface area contributed by atoms with Crippen molar-refractivity contribution < 1.29 is 15.0 Å². The maximum absolute atomic E-state index is 11.4. The molecular weight excluding hydrogens is 218 g/mol. The number of rotatable bonds is 4. The molecule has 0 heterocycles. The summed E-state index contributed by atoms with van der Waals surface area (Å²) in [6.07, 6.45) is 3.30. The van der Waals surface area contributed by atoms with E-state index in [1.807, 2.05) is 19.9 Å². The minimum atomic E-state index is -0.186. The molecule has 0 saturated heterocycles. The number of carbonyl (C=O) groups is 1. The van der Waals surface area contributed by atoms with Crippen molar-refractivity contribution in [2.75, 3.05) is 0 Å². The van der Waals surface area contributed by atoms with Crippen LogP contribution in [0.1, 0.15) is 19.4 Å². The Morgan fingerprint density at radius 2 is 2.06 bits per heavy atom. The lowest BCUT2D eigenvalue weighted by molar-refractivity contribution is -0.116. The number of hydrogen-bond acceptors (Lipinski definition) is 3. The summed E-state index contributed by atoms with van der Waals surface area (Å²) in [5, 5.41) is 21.1. The third-order valence-corrected chi connectivity index (χ3v) is 2.14. The van der Waals surface area contributed by atoms with E-state index in [1.165, 1.54) is 18.2 Å². The highest BCUT2D eigenvalue weighted by molar-refractivity contribution is 5.87. The minimum Gasteiger partial charge on any atom is -0.504 e. The maximum Gasteiger partial charge on any atom is 0.243 e. The number of amides is 1. The molecule has 4 heteroatoms. The van der Waals surface area contributed by atoms with Gasteiger partial charge in [-0.1, -0.05) is 26.0 Å². The molecule has 3 N–H and O–H groups in total. The van der Waals surface area contributed by atoms with Crippen LogP contribution in [0.5, 0.6) is 11.5 Å². The first kappa shape index (κ1) is 13.1. The van der Waals surface area contributed by atoms with Gasteiger partial charge >= 0.3 is 0 Å². The van der Waals surface area contributed by atoms with Crippen molar-refractivity contribution in [2.45, 2.75) is 20.4 Å². The van der Waals surface area contributed by atoms with Crippen LogP contribution in [-0.2, 0) is 11.3 Å². The van der Waals surface area contributed by atoms with E-state index >= 15 is 0 Å². The predicted molar refractivity (Wildman–Crippen MR) is 65.6 cm³/mol. The van der Waals surface area contributed by atoms with Crippen molar-refractivity contribution in [3.8, 4) is 11.5 Å². The van der Waals surface area contributed by atoms with Gasteiger partial charge < -0.3 is 15.5 Å². The Kier molecular flexibility index (Phi) is 4.57. The van der Waals surface area contributed by atoms with Crippen molar-refractivity contribution >= 4 is 5.91 Å². The highest BCUT2D eigenvalue weighted by atomic mass is 16.3. The molecule has 92 valence electrons. The van der Waals surface area contributed by atoms with Crippen LogP contribution in [0.15, 0.2) is 30.4 Å². The monoisotopic (exact) mass is 235 g/mol. The number of phenolic OH excluding ortho intramolecular Hbond substituents is 2. The van der Waals surface area contributed by atoms with Crippen molar-refractivity contribution in [2.24, 2.45) is 5.92 Å². The predicted octanol–water partition coefficient (Wildman–Crippen LogP) is 1.93. The first-order valence-electron chi connectivity index (χ1n) is 5.46. The Morgan fingerprint density at radius 3 is 2.65 bits per heavy atom. The number of allylic oxidation sites excluding steroid dienone is 1. The Labute approximate surface area is 101 Å². The molecule has 0 atom stereocenters. The number of carbonyl (C=O) groups excluding carboxylic acids is 1. The second kappa shape index (κ2) is 5.94. The van der Waals surface area contributed by atoms with Gasteiger partial charge in [-0.05, 0) is 29.7 Å². The molecule has 0 saturated carbocycles. The van der Waals surface area contributed by atoms with Gasteiger partial charge in [-0.3, -0.25) is 4.79 Å². The number of phenols is 2. The average molecular weight is 235 g/mol. The Morgan fingerprint density at radius 1 is 1.35 bits per heavy atom. The highest BCUT2D eigenvalue weighted by Gasteiger charge is 2.01. The Bertz CT molecular complexity index is 425. The number of hydrogen-bond donors (Lipinski definition) is 3. The zero-order chi connectivity index (χ0) is 12.8. The minimum absolute atomic E-state index is 0.167. The van der Waals surface area contributed by atoms with Gasteiger partial charge in [-0.25, -0.2) is 0 Å². The largest absolute Gasteiger partial charge is 0.504 e. The number of aromatic hydroxyl groups is 2. The summed E-state index contributed by atoms with van der Waals surface area (Å²) in [6.45, 7) is 4.29. The normalized spacial score (nSPS) is 11.0. The molecule has 4 nitrogen and oxygen atoms in total. The molecule has 17 heavy (non-hydrogen) atoms. The van der Waals surface area contributed by atoms with Crippen molar-refractivity contribution in [3.63, 3.8) is 0 Å². The topological polar surface area (TPSA) is 69.6 Å². The summed E-state index contributed by atoms with van der Waals surface area (Å²) in [5.41, 5.74) is 0.728. The van der Waals surface area contributed by atoms with Crippen LogP contribution in [0.4, 0.5) is 0 Å². The van der Waals surface area contributed by atoms with E-state index in [2.05, 4.69) is 5.32 Å². The fourth-order valence-corrected chi connectivity index (χ4v) is 1.21. The molecule has 0 radical (unpaired) electrons. The summed E-state index contributed by atoms with van der Waals surface area (Å²) in [5.74, 6) is -0.195. The molecule has 0 fully saturated rings. The van der Waals surface area contributed by atoms with E-state index < -0.39 is 0 Å². The Hall–Kier alpha value is -1.97. The van der Waals surface area contributed by atoms with E-state index in [0.717, 1.165) is 5.56 Å². The van der Waals surface area contributed by atoms with Gasteiger partial charge in [0.15, 0.2) is 11.5 Å². The molecule has 1 aromatic rings. The molecular formula is C13H17NO3. The second-order valence-electron chi connectivity index (χ2n) is 4.14. The third kappa shape index (κ3) is 4.59. The van der Waals surface area contributed by atoms with E-state index in [1.54, 1.807) is 6.07 Å². The molecule has 1 rings (SSSR count). The molecule has 0 bridgehead atoms. The molecule has 0 aliphatic heterocycles. The summed E-state index contributed by atoms with van der Waals surface area (Å²) >= 11 is 0. The number of benzene rings is 1. The molecule has 1 aromatic carbocycles. The molecule has 0 aromatic heterocycles. The lowest BCUT2D eigenvalue weighted by Crippen LogP contribution is -2.20. The van der Waals surface area contributed by atoms with Crippen LogP contribution < -0.4 is 5.32 Å². The van der Waals surface area contributed by atoms with Gasteiger partial charge in [0.1, 0.15) is 0 Å². The molecule has 0 unspecified atom stereocenters. The van der Waals surface area contributed by atoms with Crippen molar-refractivity contribution in [1.82, 2.24) is 5.32 Å². The van der Waals surface area contributed by atoms with Crippen LogP contribution in [0.3, 0.4) is 0 Å². The van der Waals surface area contributed by atoms with E-state index in [9.17, 15) is 9.90 Å². The summed E-state index contributed by atoms with van der Waals surface area (Å²) in [6, 6.07) is 4.45. The van der Waals surface area contributed by atoms with Gasteiger partial charge in [-0.15, -0.1) is 0 Å². The van der Waals surface area contributed by atoms with Gasteiger partial charge in [-0.2, -0.15) is 0 Å². The zero-order valence-corrected chi connectivity index (χ0v) is 9.97. The highest BCUT2D eigenvalue weighted by Crippen LogP contribution is 2.24. The fraction of sp³-hybridized carbons (Fsp3) is 0.308. The second-order valence-corrected chi connectivity index (χ2v) is 4.14. The summed E-state index contributed by atoms with van der Waals surface area (Å²) < 4.78 is 0. The fourth-order valence-electron chi connectivity index (χ4n) is 1.21. The van der Waals surface area contributed by atoms with Crippen LogP contribution in [0.25, 0.3) is 0 Å².